The zero-order valence-electron chi connectivity index (χ0n) is 22.8. The molecule has 0 bridgehead atoms. The van der Waals surface area contributed by atoms with Crippen LogP contribution in [0.1, 0.15) is 75.1 Å². The Morgan fingerprint density at radius 3 is 2.24 bits per heavy atom. The predicted molar refractivity (Wildman–Crippen MR) is 144 cm³/mol. The van der Waals surface area contributed by atoms with Gasteiger partial charge in [-0.15, -0.1) is 0 Å². The van der Waals surface area contributed by atoms with E-state index < -0.39 is 11.2 Å². The number of rotatable bonds is 6. The molecule has 0 radical (unpaired) electrons. The minimum Gasteiger partial charge on any atom is -0.438 e. The highest BCUT2D eigenvalue weighted by Gasteiger charge is 2.46. The fraction of sp³-hybridized carbons (Fsp3) is 0.533. The van der Waals surface area contributed by atoms with E-state index in [-0.39, 0.29) is 18.2 Å². The van der Waals surface area contributed by atoms with Gasteiger partial charge in [-0.3, -0.25) is 0 Å². The normalized spacial score (nSPS) is 21.9. The number of aliphatic hydroxyl groups is 1. The molecule has 0 aliphatic carbocycles. The Hall–Kier alpha value is -3.06. The van der Waals surface area contributed by atoms with Crippen LogP contribution in [-0.2, 0) is 10.3 Å². The van der Waals surface area contributed by atoms with E-state index >= 15 is 0 Å². The molecule has 2 atom stereocenters. The molecule has 0 aromatic heterocycles. The van der Waals surface area contributed by atoms with E-state index in [1.54, 1.807) is 37.7 Å². The molecule has 2 fully saturated rings. The Morgan fingerprint density at radius 1 is 1.08 bits per heavy atom. The fourth-order valence-electron chi connectivity index (χ4n) is 5.80. The molecule has 2 aromatic carbocycles. The van der Waals surface area contributed by atoms with E-state index in [1.807, 2.05) is 42.2 Å². The van der Waals surface area contributed by atoms with E-state index in [1.165, 1.54) is 5.56 Å². The summed E-state index contributed by atoms with van der Waals surface area (Å²) in [7, 11) is 3.59. The second-order valence-corrected chi connectivity index (χ2v) is 11.4. The lowest BCUT2D eigenvalue weighted by Gasteiger charge is -2.45. The maximum atomic E-state index is 13.3. The van der Waals surface area contributed by atoms with Crippen LogP contribution in [-0.4, -0.2) is 71.3 Å². The molecule has 1 N–H and O–H groups in total. The number of piperidine rings is 1. The van der Waals surface area contributed by atoms with Gasteiger partial charge in [-0.25, -0.2) is 9.59 Å². The molecule has 7 heteroatoms. The van der Waals surface area contributed by atoms with Crippen LogP contribution in [0.2, 0.25) is 0 Å². The number of ether oxygens (including phenoxy) is 1. The summed E-state index contributed by atoms with van der Waals surface area (Å²) < 4.78 is 6.15. The van der Waals surface area contributed by atoms with Crippen molar-refractivity contribution in [3.8, 4) is 0 Å². The van der Waals surface area contributed by atoms with Gasteiger partial charge in [0.05, 0.1) is 11.6 Å². The van der Waals surface area contributed by atoms with Crippen molar-refractivity contribution >= 4 is 12.1 Å². The van der Waals surface area contributed by atoms with Crippen LogP contribution in [0.4, 0.5) is 9.59 Å². The third-order valence-corrected chi connectivity index (χ3v) is 7.80. The SMILES string of the molecule is C[C@@H](c1ccc(C2CCN(C(=O)N(C)C)CC2)cc1)N1CC[C@](CC(C)(C)O)(c2ccccc2)OC1=O. The molecule has 2 aliphatic rings. The Morgan fingerprint density at radius 2 is 1.70 bits per heavy atom. The topological polar surface area (TPSA) is 73.3 Å². The first-order valence-corrected chi connectivity index (χ1v) is 13.3. The highest BCUT2D eigenvalue weighted by molar-refractivity contribution is 5.74. The second kappa shape index (κ2) is 10.7. The van der Waals surface area contributed by atoms with Crippen molar-refractivity contribution in [3.63, 3.8) is 0 Å². The number of amides is 3. The van der Waals surface area contributed by atoms with Gasteiger partial charge >= 0.3 is 12.1 Å². The van der Waals surface area contributed by atoms with Gasteiger partial charge in [0.2, 0.25) is 0 Å². The number of hydrogen-bond donors (Lipinski definition) is 1. The van der Waals surface area contributed by atoms with Crippen LogP contribution >= 0.6 is 0 Å². The standard InChI is InChI=1S/C30H41N3O4/c1-22(23-11-13-24(14-12-23)25-15-18-32(19-16-25)27(34)31(4)5)33-20-17-30(37-28(33)35,21-29(2,3)36)26-9-7-6-8-10-26/h6-14,22,25,36H,15-21H2,1-5H3/t22-,30-/m0/s1. The zero-order valence-corrected chi connectivity index (χ0v) is 22.8. The molecule has 3 amide bonds. The highest BCUT2D eigenvalue weighted by atomic mass is 16.6. The van der Waals surface area contributed by atoms with Gasteiger partial charge in [0.1, 0.15) is 5.60 Å². The molecular formula is C30H41N3O4. The Balaban J connectivity index is 1.42. The third-order valence-electron chi connectivity index (χ3n) is 7.80. The van der Waals surface area contributed by atoms with Crippen LogP contribution in [0, 0.1) is 0 Å². The predicted octanol–water partition coefficient (Wildman–Crippen LogP) is 5.51. The lowest BCUT2D eigenvalue weighted by atomic mass is 9.80. The van der Waals surface area contributed by atoms with Crippen LogP contribution in [0.5, 0.6) is 0 Å². The van der Waals surface area contributed by atoms with Gasteiger partial charge < -0.3 is 24.5 Å². The number of urea groups is 1. The zero-order chi connectivity index (χ0) is 26.8. The average molecular weight is 508 g/mol. The maximum absolute atomic E-state index is 13.3. The second-order valence-electron chi connectivity index (χ2n) is 11.4. The Labute approximate surface area is 221 Å². The number of nitrogens with zero attached hydrogens (tertiary/aromatic N) is 3. The number of likely N-dealkylation sites (tertiary alicyclic amines) is 1. The van der Waals surface area contributed by atoms with Crippen LogP contribution in [0.15, 0.2) is 54.6 Å². The lowest BCUT2D eigenvalue weighted by molar-refractivity contribution is -0.101. The highest BCUT2D eigenvalue weighted by Crippen LogP contribution is 2.42. The Kier molecular flexibility index (Phi) is 7.83. The fourth-order valence-corrected chi connectivity index (χ4v) is 5.80. The largest absolute Gasteiger partial charge is 0.438 e. The van der Waals surface area contributed by atoms with Gasteiger partial charge in [-0.1, -0.05) is 54.6 Å². The van der Waals surface area contributed by atoms with Gasteiger partial charge in [0.25, 0.3) is 0 Å². The first-order chi connectivity index (χ1) is 17.5. The maximum Gasteiger partial charge on any atom is 0.411 e. The Bertz CT molecular complexity index is 1070. The molecular weight excluding hydrogens is 466 g/mol. The first kappa shape index (κ1) is 27.0. The lowest BCUT2D eigenvalue weighted by Crippen LogP contribution is -2.51. The van der Waals surface area contributed by atoms with E-state index in [4.69, 9.17) is 4.74 Å². The summed E-state index contributed by atoms with van der Waals surface area (Å²) in [4.78, 5) is 30.9. The summed E-state index contributed by atoms with van der Waals surface area (Å²) in [6, 6.07) is 18.3. The van der Waals surface area contributed by atoms with Crippen molar-refractivity contribution in [3.05, 3.63) is 71.3 Å². The number of hydrogen-bond acceptors (Lipinski definition) is 4. The molecule has 2 saturated heterocycles. The molecule has 0 saturated carbocycles. The minimum atomic E-state index is -0.977. The van der Waals surface area contributed by atoms with E-state index in [2.05, 4.69) is 24.3 Å². The quantitative estimate of drug-likeness (QED) is 0.560. The van der Waals surface area contributed by atoms with Gasteiger partial charge in [-0.05, 0) is 56.2 Å². The van der Waals surface area contributed by atoms with Gasteiger partial charge in [0.15, 0.2) is 0 Å². The van der Waals surface area contributed by atoms with Crippen molar-refractivity contribution in [2.75, 3.05) is 33.7 Å². The average Bonchev–Trinajstić information content (AvgIpc) is 2.88. The van der Waals surface area contributed by atoms with Gasteiger partial charge in [0, 0.05) is 46.6 Å². The molecule has 0 spiro atoms. The summed E-state index contributed by atoms with van der Waals surface area (Å²) in [6.45, 7) is 7.64. The first-order valence-electron chi connectivity index (χ1n) is 13.3. The van der Waals surface area contributed by atoms with Crippen molar-refractivity contribution in [1.82, 2.24) is 14.7 Å². The van der Waals surface area contributed by atoms with Gasteiger partial charge in [-0.2, -0.15) is 0 Å². The molecule has 2 aromatic rings. The molecule has 200 valence electrons. The number of carbonyl (C=O) groups is 2. The van der Waals surface area contributed by atoms with E-state index in [9.17, 15) is 14.7 Å². The third kappa shape index (κ3) is 6.09. The van der Waals surface area contributed by atoms with Crippen LogP contribution in [0.3, 0.4) is 0 Å². The number of carbonyl (C=O) groups excluding carboxylic acids is 2. The molecule has 0 unspecified atom stereocenters. The minimum absolute atomic E-state index is 0.0786. The van der Waals surface area contributed by atoms with Crippen molar-refractivity contribution in [1.29, 1.82) is 0 Å². The molecule has 7 nitrogen and oxygen atoms in total. The number of benzene rings is 2. The number of cyclic esters (lactones) is 1. The van der Waals surface area contributed by atoms with E-state index in [0.29, 0.717) is 25.3 Å². The summed E-state index contributed by atoms with van der Waals surface area (Å²) >= 11 is 0. The summed E-state index contributed by atoms with van der Waals surface area (Å²) in [5.74, 6) is 0.434. The van der Waals surface area contributed by atoms with E-state index in [0.717, 1.165) is 37.1 Å². The monoisotopic (exact) mass is 507 g/mol. The molecule has 2 heterocycles. The van der Waals surface area contributed by atoms with Crippen molar-refractivity contribution < 1.29 is 19.4 Å². The molecule has 4 rings (SSSR count). The van der Waals surface area contributed by atoms with Crippen molar-refractivity contribution in [2.45, 2.75) is 69.6 Å². The molecule has 2 aliphatic heterocycles. The molecule has 37 heavy (non-hydrogen) atoms. The summed E-state index contributed by atoms with van der Waals surface area (Å²) in [5, 5.41) is 10.6. The van der Waals surface area contributed by atoms with Crippen LogP contribution in [0.25, 0.3) is 0 Å². The summed E-state index contributed by atoms with van der Waals surface area (Å²) in [6.07, 6.45) is 2.50. The van der Waals surface area contributed by atoms with Crippen LogP contribution < -0.4 is 0 Å². The summed E-state index contributed by atoms with van der Waals surface area (Å²) in [5.41, 5.74) is 1.44. The van der Waals surface area contributed by atoms with Crippen molar-refractivity contribution in [2.24, 2.45) is 0 Å². The smallest absolute Gasteiger partial charge is 0.411 e.